The van der Waals surface area contributed by atoms with E-state index >= 15 is 0 Å². The zero-order valence-corrected chi connectivity index (χ0v) is 20.5. The van der Waals surface area contributed by atoms with Crippen LogP contribution in [0.25, 0.3) is 11.0 Å². The molecular weight excluding hydrogens is 443 g/mol. The summed E-state index contributed by atoms with van der Waals surface area (Å²) in [6, 6.07) is 13.9. The van der Waals surface area contributed by atoms with Gasteiger partial charge in [-0.15, -0.1) is 0 Å². The van der Waals surface area contributed by atoms with E-state index in [9.17, 15) is 14.0 Å². The lowest BCUT2D eigenvalue weighted by Gasteiger charge is -2.31. The van der Waals surface area contributed by atoms with Crippen molar-refractivity contribution in [2.75, 3.05) is 13.6 Å². The Hall–Kier alpha value is -3.22. The van der Waals surface area contributed by atoms with Crippen molar-refractivity contribution in [3.63, 3.8) is 0 Å². The molecule has 0 bridgehead atoms. The lowest BCUT2D eigenvalue weighted by molar-refractivity contribution is -0.133. The zero-order chi connectivity index (χ0) is 24.6. The Kier molecular flexibility index (Phi) is 8.50. The number of unbranched alkanes of at least 4 members (excludes halogenated alkanes) is 2. The summed E-state index contributed by atoms with van der Waals surface area (Å²) < 4.78 is 15.1. The molecule has 1 heterocycles. The molecule has 1 aliphatic carbocycles. The molecule has 7 heteroatoms. The Labute approximate surface area is 206 Å². The number of hydrogen-bond acceptors (Lipinski definition) is 3. The molecule has 1 N–H and O–H groups in total. The number of carbonyl (C=O) groups is 2. The van der Waals surface area contributed by atoms with E-state index in [1.165, 1.54) is 43.5 Å². The van der Waals surface area contributed by atoms with Gasteiger partial charge >= 0.3 is 0 Å². The van der Waals surface area contributed by atoms with Crippen LogP contribution in [-0.2, 0) is 17.8 Å². The average Bonchev–Trinajstić information content (AvgIpc) is 3.23. The number of nitrogens with one attached hydrogen (secondary N) is 1. The standard InChI is InChI=1S/C28H35FN4O2/c1-32(23-10-4-2-5-11-23)27(34)20-33-25-13-8-7-12-24(25)31-26(33)14-6-3-9-19-30-28(35)21-15-17-22(29)18-16-21/h7-8,12-13,15-18,23H,2-6,9-11,14,19-20H2,1H3,(H,30,35). The van der Waals surface area contributed by atoms with Gasteiger partial charge in [0, 0.05) is 31.6 Å². The van der Waals surface area contributed by atoms with Crippen LogP contribution >= 0.6 is 0 Å². The summed E-state index contributed by atoms with van der Waals surface area (Å²) in [4.78, 5) is 32.0. The van der Waals surface area contributed by atoms with Crippen molar-refractivity contribution in [2.24, 2.45) is 0 Å². The maximum Gasteiger partial charge on any atom is 0.251 e. The fourth-order valence-corrected chi connectivity index (χ4v) is 4.90. The van der Waals surface area contributed by atoms with Gasteiger partial charge in [-0.3, -0.25) is 9.59 Å². The smallest absolute Gasteiger partial charge is 0.251 e. The van der Waals surface area contributed by atoms with Crippen LogP contribution in [0.15, 0.2) is 48.5 Å². The Morgan fingerprint density at radius 2 is 1.77 bits per heavy atom. The predicted octanol–water partition coefficient (Wildman–Crippen LogP) is 5.11. The van der Waals surface area contributed by atoms with E-state index in [1.807, 2.05) is 36.2 Å². The predicted molar refractivity (Wildman–Crippen MR) is 136 cm³/mol. The van der Waals surface area contributed by atoms with E-state index in [2.05, 4.69) is 9.88 Å². The first-order valence-electron chi connectivity index (χ1n) is 12.8. The van der Waals surface area contributed by atoms with Crippen molar-refractivity contribution >= 4 is 22.8 Å². The molecule has 3 aromatic rings. The molecule has 35 heavy (non-hydrogen) atoms. The molecule has 0 saturated heterocycles. The minimum Gasteiger partial charge on any atom is -0.352 e. The largest absolute Gasteiger partial charge is 0.352 e. The highest BCUT2D eigenvalue weighted by Gasteiger charge is 2.23. The van der Waals surface area contributed by atoms with E-state index in [4.69, 9.17) is 4.98 Å². The molecule has 6 nitrogen and oxygen atoms in total. The van der Waals surface area contributed by atoms with Crippen LogP contribution in [0.1, 0.15) is 67.5 Å². The molecule has 4 rings (SSSR count). The van der Waals surface area contributed by atoms with Crippen LogP contribution in [0, 0.1) is 5.82 Å². The van der Waals surface area contributed by atoms with Crippen molar-refractivity contribution in [2.45, 2.75) is 70.4 Å². The van der Waals surface area contributed by atoms with Crippen molar-refractivity contribution < 1.29 is 14.0 Å². The van der Waals surface area contributed by atoms with Gasteiger partial charge in [-0.1, -0.05) is 37.8 Å². The monoisotopic (exact) mass is 478 g/mol. The van der Waals surface area contributed by atoms with Gasteiger partial charge in [0.25, 0.3) is 5.91 Å². The van der Waals surface area contributed by atoms with E-state index in [0.29, 0.717) is 24.7 Å². The first-order chi connectivity index (χ1) is 17.0. The average molecular weight is 479 g/mol. The van der Waals surface area contributed by atoms with Gasteiger partial charge in [0.15, 0.2) is 0 Å². The second-order valence-electron chi connectivity index (χ2n) is 9.47. The third-order valence-corrected chi connectivity index (χ3v) is 7.01. The molecule has 1 fully saturated rings. The molecule has 0 spiro atoms. The number of hydrogen-bond donors (Lipinski definition) is 1. The number of aryl methyl sites for hydroxylation is 1. The van der Waals surface area contributed by atoms with Crippen LogP contribution in [-0.4, -0.2) is 45.9 Å². The summed E-state index contributed by atoms with van der Waals surface area (Å²) >= 11 is 0. The molecule has 0 unspecified atom stereocenters. The van der Waals surface area contributed by atoms with Crippen molar-refractivity contribution in [1.82, 2.24) is 19.8 Å². The molecule has 1 saturated carbocycles. The lowest BCUT2D eigenvalue weighted by Crippen LogP contribution is -2.40. The van der Waals surface area contributed by atoms with Crippen molar-refractivity contribution in [3.8, 4) is 0 Å². The summed E-state index contributed by atoms with van der Waals surface area (Å²) in [6.07, 6.45) is 9.33. The summed E-state index contributed by atoms with van der Waals surface area (Å²) in [6.45, 7) is 0.883. The van der Waals surface area contributed by atoms with Crippen LogP contribution in [0.2, 0.25) is 0 Å². The van der Waals surface area contributed by atoms with Gasteiger partial charge < -0.3 is 14.8 Å². The number of fused-ring (bicyclic) bond motifs is 1. The highest BCUT2D eigenvalue weighted by Crippen LogP contribution is 2.23. The second-order valence-corrected chi connectivity index (χ2v) is 9.47. The Morgan fingerprint density at radius 1 is 1.03 bits per heavy atom. The topological polar surface area (TPSA) is 67.2 Å². The zero-order valence-electron chi connectivity index (χ0n) is 20.5. The number of nitrogens with zero attached hydrogens (tertiary/aromatic N) is 3. The highest BCUT2D eigenvalue weighted by molar-refractivity contribution is 5.94. The number of imidazole rings is 1. The number of carbonyl (C=O) groups excluding carboxylic acids is 2. The molecule has 2 aromatic carbocycles. The maximum absolute atomic E-state index is 13.1. The molecule has 1 aliphatic rings. The van der Waals surface area contributed by atoms with Crippen molar-refractivity contribution in [1.29, 1.82) is 0 Å². The number of aromatic nitrogens is 2. The Bertz CT molecular complexity index is 1140. The van der Waals surface area contributed by atoms with E-state index < -0.39 is 0 Å². The summed E-state index contributed by atoms with van der Waals surface area (Å²) in [7, 11) is 1.94. The third kappa shape index (κ3) is 6.47. The lowest BCUT2D eigenvalue weighted by atomic mass is 9.94. The van der Waals surface area contributed by atoms with Gasteiger partial charge in [0.2, 0.25) is 5.91 Å². The minimum absolute atomic E-state index is 0.143. The van der Waals surface area contributed by atoms with Crippen LogP contribution in [0.5, 0.6) is 0 Å². The number of para-hydroxylation sites is 2. The first-order valence-corrected chi connectivity index (χ1v) is 12.8. The second kappa shape index (κ2) is 12.0. The normalized spacial score (nSPS) is 14.2. The Morgan fingerprint density at radius 3 is 2.54 bits per heavy atom. The van der Waals surface area contributed by atoms with Crippen LogP contribution in [0.3, 0.4) is 0 Å². The highest BCUT2D eigenvalue weighted by atomic mass is 19.1. The summed E-state index contributed by atoms with van der Waals surface area (Å²) in [5.41, 5.74) is 2.38. The van der Waals surface area contributed by atoms with Crippen molar-refractivity contribution in [3.05, 3.63) is 65.7 Å². The van der Waals surface area contributed by atoms with Crippen LogP contribution in [0.4, 0.5) is 4.39 Å². The quantitative estimate of drug-likeness (QED) is 0.412. The van der Waals surface area contributed by atoms with Gasteiger partial charge in [-0.05, 0) is 62.1 Å². The number of halogens is 1. The molecule has 2 amide bonds. The number of rotatable bonds is 10. The van der Waals surface area contributed by atoms with Gasteiger partial charge in [-0.2, -0.15) is 0 Å². The molecule has 0 radical (unpaired) electrons. The molecule has 0 atom stereocenters. The summed E-state index contributed by atoms with van der Waals surface area (Å²) in [5, 5.41) is 2.89. The fourth-order valence-electron chi connectivity index (χ4n) is 4.90. The summed E-state index contributed by atoms with van der Waals surface area (Å²) in [5.74, 6) is 0.541. The first kappa shape index (κ1) is 24.9. The molecule has 186 valence electrons. The number of likely N-dealkylation sites (N-methyl/N-ethyl adjacent to an activating group) is 1. The third-order valence-electron chi connectivity index (χ3n) is 7.01. The Balaban J connectivity index is 1.30. The van der Waals surface area contributed by atoms with E-state index in [-0.39, 0.29) is 17.6 Å². The number of amides is 2. The molecule has 1 aromatic heterocycles. The number of benzene rings is 2. The SMILES string of the molecule is CN(C(=O)Cn1c(CCCCCNC(=O)c2ccc(F)cc2)nc2ccccc21)C1CCCCC1. The van der Waals surface area contributed by atoms with E-state index in [0.717, 1.165) is 55.4 Å². The minimum atomic E-state index is -0.352. The fraction of sp³-hybridized carbons (Fsp3) is 0.464. The van der Waals surface area contributed by atoms with Gasteiger partial charge in [0.05, 0.1) is 11.0 Å². The van der Waals surface area contributed by atoms with Gasteiger partial charge in [0.1, 0.15) is 18.2 Å². The van der Waals surface area contributed by atoms with Gasteiger partial charge in [-0.25, -0.2) is 9.37 Å². The molecular formula is C28H35FN4O2. The molecule has 0 aliphatic heterocycles. The maximum atomic E-state index is 13.1. The van der Waals surface area contributed by atoms with E-state index in [1.54, 1.807) is 0 Å². The van der Waals surface area contributed by atoms with Crippen LogP contribution < -0.4 is 5.32 Å².